The molecule has 0 bridgehead atoms. The molecular weight excluding hydrogens is 422 g/mol. The van der Waals surface area contributed by atoms with Crippen molar-refractivity contribution in [2.45, 2.75) is 57.7 Å². The first kappa shape index (κ1) is 22.8. The van der Waals surface area contributed by atoms with Crippen LogP contribution in [0.3, 0.4) is 0 Å². The van der Waals surface area contributed by atoms with Crippen LogP contribution in [0.15, 0.2) is 29.4 Å². The Labute approximate surface area is 194 Å². The number of likely N-dealkylation sites (tertiary alicyclic amines) is 2. The third-order valence-electron chi connectivity index (χ3n) is 6.63. The highest BCUT2D eigenvalue weighted by atomic mass is 32.2. The zero-order valence-electron chi connectivity index (χ0n) is 19.1. The van der Waals surface area contributed by atoms with E-state index in [1.165, 1.54) is 11.8 Å². The highest BCUT2D eigenvalue weighted by Gasteiger charge is 2.27. The SMILES string of the molecule is CCn1c(SCC(=O)N2CCC(CC(=O)N3CCCC3)CC2)nnc1-c1ccccc1C. The van der Waals surface area contributed by atoms with Gasteiger partial charge in [0.05, 0.1) is 5.75 Å². The van der Waals surface area contributed by atoms with Crippen LogP contribution in [0.25, 0.3) is 11.4 Å². The Kier molecular flexibility index (Phi) is 7.50. The first-order chi connectivity index (χ1) is 15.6. The smallest absolute Gasteiger partial charge is 0.233 e. The van der Waals surface area contributed by atoms with E-state index in [9.17, 15) is 9.59 Å². The summed E-state index contributed by atoms with van der Waals surface area (Å²) in [6.45, 7) is 8.22. The molecule has 0 unspecified atom stereocenters. The number of carbonyl (C=O) groups excluding carboxylic acids is 2. The third-order valence-corrected chi connectivity index (χ3v) is 7.58. The summed E-state index contributed by atoms with van der Waals surface area (Å²) in [5.41, 5.74) is 2.24. The summed E-state index contributed by atoms with van der Waals surface area (Å²) >= 11 is 1.46. The lowest BCUT2D eigenvalue weighted by atomic mass is 9.93. The highest BCUT2D eigenvalue weighted by Crippen LogP contribution is 2.27. The van der Waals surface area contributed by atoms with Crippen LogP contribution in [0.1, 0.15) is 44.6 Å². The summed E-state index contributed by atoms with van der Waals surface area (Å²) < 4.78 is 2.08. The third kappa shape index (κ3) is 5.17. The predicted octanol–water partition coefficient (Wildman–Crippen LogP) is 3.62. The van der Waals surface area contributed by atoms with Gasteiger partial charge in [-0.3, -0.25) is 9.59 Å². The maximum absolute atomic E-state index is 12.8. The number of amides is 2. The topological polar surface area (TPSA) is 71.3 Å². The van der Waals surface area contributed by atoms with Crippen molar-refractivity contribution in [3.63, 3.8) is 0 Å². The number of aryl methyl sites for hydroxylation is 1. The highest BCUT2D eigenvalue weighted by molar-refractivity contribution is 7.99. The molecule has 4 rings (SSSR count). The molecule has 2 aliphatic rings. The molecule has 0 aliphatic carbocycles. The molecule has 8 heteroatoms. The molecule has 2 saturated heterocycles. The molecule has 2 fully saturated rings. The van der Waals surface area contributed by atoms with E-state index in [-0.39, 0.29) is 5.91 Å². The minimum absolute atomic E-state index is 0.141. The van der Waals surface area contributed by atoms with Crippen molar-refractivity contribution in [1.82, 2.24) is 24.6 Å². The van der Waals surface area contributed by atoms with Gasteiger partial charge in [-0.25, -0.2) is 0 Å². The first-order valence-corrected chi connectivity index (χ1v) is 12.7. The van der Waals surface area contributed by atoms with Crippen molar-refractivity contribution in [2.75, 3.05) is 31.9 Å². The molecule has 1 aromatic carbocycles. The Morgan fingerprint density at radius 2 is 1.69 bits per heavy atom. The van der Waals surface area contributed by atoms with E-state index in [1.807, 2.05) is 21.9 Å². The molecule has 32 heavy (non-hydrogen) atoms. The van der Waals surface area contributed by atoms with Gasteiger partial charge in [0.2, 0.25) is 11.8 Å². The average Bonchev–Trinajstić information content (AvgIpc) is 3.48. The lowest BCUT2D eigenvalue weighted by Gasteiger charge is -2.32. The molecule has 2 amide bonds. The second-order valence-corrected chi connectivity index (χ2v) is 9.71. The number of piperidine rings is 1. The minimum Gasteiger partial charge on any atom is -0.343 e. The number of benzene rings is 1. The summed E-state index contributed by atoms with van der Waals surface area (Å²) in [4.78, 5) is 29.2. The summed E-state index contributed by atoms with van der Waals surface area (Å²) in [6, 6.07) is 8.16. The van der Waals surface area contributed by atoms with E-state index in [1.54, 1.807) is 0 Å². The summed E-state index contributed by atoms with van der Waals surface area (Å²) in [7, 11) is 0. The molecule has 0 radical (unpaired) electrons. The molecule has 3 heterocycles. The normalized spacial score (nSPS) is 17.2. The van der Waals surface area contributed by atoms with Gasteiger partial charge in [-0.15, -0.1) is 10.2 Å². The predicted molar refractivity (Wildman–Crippen MR) is 126 cm³/mol. The zero-order valence-corrected chi connectivity index (χ0v) is 19.9. The van der Waals surface area contributed by atoms with E-state index >= 15 is 0 Å². The lowest BCUT2D eigenvalue weighted by molar-refractivity contribution is -0.132. The van der Waals surface area contributed by atoms with Crippen molar-refractivity contribution >= 4 is 23.6 Å². The van der Waals surface area contributed by atoms with Gasteiger partial charge in [0.25, 0.3) is 0 Å². The van der Waals surface area contributed by atoms with Crippen LogP contribution in [0.2, 0.25) is 0 Å². The van der Waals surface area contributed by atoms with Gasteiger partial charge in [-0.05, 0) is 51.0 Å². The van der Waals surface area contributed by atoms with Crippen molar-refractivity contribution in [3.8, 4) is 11.4 Å². The molecule has 172 valence electrons. The molecule has 0 spiro atoms. The van der Waals surface area contributed by atoms with Gasteiger partial charge in [0.1, 0.15) is 0 Å². The van der Waals surface area contributed by atoms with Gasteiger partial charge in [0.15, 0.2) is 11.0 Å². The van der Waals surface area contributed by atoms with Gasteiger partial charge < -0.3 is 14.4 Å². The van der Waals surface area contributed by atoms with E-state index < -0.39 is 0 Å². The Balaban J connectivity index is 1.28. The second kappa shape index (κ2) is 10.5. The van der Waals surface area contributed by atoms with E-state index in [0.717, 1.165) is 80.5 Å². The second-order valence-electron chi connectivity index (χ2n) is 8.77. The summed E-state index contributed by atoms with van der Waals surface area (Å²) in [5, 5.41) is 9.56. The van der Waals surface area contributed by atoms with E-state index in [4.69, 9.17) is 0 Å². The van der Waals surface area contributed by atoms with Crippen LogP contribution in [0.4, 0.5) is 0 Å². The molecular formula is C24H33N5O2S. The maximum atomic E-state index is 12.8. The molecule has 7 nitrogen and oxygen atoms in total. The van der Waals surface area contributed by atoms with Crippen molar-refractivity contribution in [2.24, 2.45) is 5.92 Å². The van der Waals surface area contributed by atoms with Gasteiger partial charge in [-0.2, -0.15) is 0 Å². The number of thioether (sulfide) groups is 1. The summed E-state index contributed by atoms with van der Waals surface area (Å²) in [5.74, 6) is 2.06. The van der Waals surface area contributed by atoms with Crippen LogP contribution >= 0.6 is 11.8 Å². The quantitative estimate of drug-likeness (QED) is 0.597. The number of rotatable bonds is 7. The number of nitrogens with zero attached hydrogens (tertiary/aromatic N) is 5. The Morgan fingerprint density at radius 1 is 1.00 bits per heavy atom. The lowest BCUT2D eigenvalue weighted by Crippen LogP contribution is -2.40. The van der Waals surface area contributed by atoms with Crippen LogP contribution in [-0.4, -0.2) is 68.3 Å². The van der Waals surface area contributed by atoms with Crippen molar-refractivity contribution in [1.29, 1.82) is 0 Å². The van der Waals surface area contributed by atoms with Crippen LogP contribution in [0.5, 0.6) is 0 Å². The number of hydrogen-bond donors (Lipinski definition) is 0. The van der Waals surface area contributed by atoms with Gasteiger partial charge >= 0.3 is 0 Å². The maximum Gasteiger partial charge on any atom is 0.233 e. The molecule has 0 saturated carbocycles. The molecule has 0 N–H and O–H groups in total. The number of carbonyl (C=O) groups is 2. The first-order valence-electron chi connectivity index (χ1n) is 11.7. The number of hydrogen-bond acceptors (Lipinski definition) is 5. The van der Waals surface area contributed by atoms with Crippen LogP contribution < -0.4 is 0 Å². The Morgan fingerprint density at radius 3 is 2.38 bits per heavy atom. The van der Waals surface area contributed by atoms with Crippen molar-refractivity contribution in [3.05, 3.63) is 29.8 Å². The molecule has 0 atom stereocenters. The van der Waals surface area contributed by atoms with Crippen LogP contribution in [0, 0.1) is 12.8 Å². The van der Waals surface area contributed by atoms with Crippen molar-refractivity contribution < 1.29 is 9.59 Å². The number of aromatic nitrogens is 3. The van der Waals surface area contributed by atoms with Gasteiger partial charge in [-0.1, -0.05) is 36.0 Å². The van der Waals surface area contributed by atoms with E-state index in [0.29, 0.717) is 24.0 Å². The van der Waals surface area contributed by atoms with Crippen LogP contribution in [-0.2, 0) is 16.1 Å². The zero-order chi connectivity index (χ0) is 22.5. The monoisotopic (exact) mass is 455 g/mol. The largest absolute Gasteiger partial charge is 0.343 e. The van der Waals surface area contributed by atoms with Gasteiger partial charge in [0, 0.05) is 44.7 Å². The summed E-state index contributed by atoms with van der Waals surface area (Å²) in [6.07, 6.45) is 4.73. The standard InChI is InChI=1S/C24H33N5O2S/c1-3-29-23(20-9-5-4-8-18(20)2)25-26-24(29)32-17-22(31)28-14-10-19(11-15-28)16-21(30)27-12-6-7-13-27/h4-5,8-9,19H,3,6-7,10-17H2,1-2H3. The fourth-order valence-corrected chi connectivity index (χ4v) is 5.56. The molecule has 2 aromatic rings. The Bertz CT molecular complexity index is 946. The fraction of sp³-hybridized carbons (Fsp3) is 0.583. The van der Waals surface area contributed by atoms with E-state index in [2.05, 4.69) is 40.7 Å². The molecule has 2 aliphatic heterocycles. The Hall–Kier alpha value is -2.35. The molecule has 1 aromatic heterocycles. The minimum atomic E-state index is 0.141. The average molecular weight is 456 g/mol. The fourth-order valence-electron chi connectivity index (χ4n) is 4.65.